The van der Waals surface area contributed by atoms with Crippen LogP contribution in [0.25, 0.3) is 0 Å². The van der Waals surface area contributed by atoms with Crippen molar-refractivity contribution in [3.63, 3.8) is 0 Å². The molecule has 0 nitrogen and oxygen atoms in total. The molecule has 0 unspecified atom stereocenters. The van der Waals surface area contributed by atoms with Gasteiger partial charge >= 0.3 is 0 Å². The molecule has 13 heavy (non-hydrogen) atoms. The van der Waals surface area contributed by atoms with E-state index in [1.165, 1.54) is 44.9 Å². The van der Waals surface area contributed by atoms with Gasteiger partial charge in [0.25, 0.3) is 0 Å². The summed E-state index contributed by atoms with van der Waals surface area (Å²) in [4.78, 5) is 0. The first-order valence-electron chi connectivity index (χ1n) is 5.50. The van der Waals surface area contributed by atoms with Gasteiger partial charge in [0, 0.05) is 0 Å². The third kappa shape index (κ3) is 6.39. The maximum atomic E-state index is 2.00. The van der Waals surface area contributed by atoms with E-state index in [9.17, 15) is 0 Å². The van der Waals surface area contributed by atoms with Gasteiger partial charge in [-0.1, -0.05) is 81.3 Å². The van der Waals surface area contributed by atoms with Crippen molar-refractivity contribution in [1.82, 2.24) is 0 Å². The summed E-state index contributed by atoms with van der Waals surface area (Å²) in [5.41, 5.74) is 0. The van der Waals surface area contributed by atoms with E-state index in [-0.39, 0.29) is 0 Å². The molecule has 1 saturated carbocycles. The molecule has 1 fully saturated rings. The quantitative estimate of drug-likeness (QED) is 0.513. The van der Waals surface area contributed by atoms with Gasteiger partial charge in [-0.25, -0.2) is 0 Å². The fourth-order valence-corrected chi connectivity index (χ4v) is 1.62. The van der Waals surface area contributed by atoms with E-state index >= 15 is 0 Å². The van der Waals surface area contributed by atoms with E-state index in [4.69, 9.17) is 0 Å². The zero-order chi connectivity index (χ0) is 9.19. The normalized spacial score (nSPS) is 16.6. The molecule has 1 aliphatic rings. The van der Waals surface area contributed by atoms with Crippen LogP contribution in [0.4, 0.5) is 0 Å². The van der Waals surface area contributed by atoms with Crippen LogP contribution in [0.3, 0.4) is 0 Å². The first-order chi connectivity index (χ1) is 6.50. The van der Waals surface area contributed by atoms with Crippen molar-refractivity contribution in [2.75, 3.05) is 0 Å². The summed E-state index contributed by atoms with van der Waals surface area (Å²) >= 11 is 0. The predicted molar refractivity (Wildman–Crippen MR) is 58.8 cm³/mol. The first kappa shape index (κ1) is 10.3. The molecule has 0 bridgehead atoms. The Balaban J connectivity index is 0.000000132. The Bertz CT molecular complexity index is 132. The predicted octanol–water partition coefficient (Wildman–Crippen LogP) is 4.42. The van der Waals surface area contributed by atoms with Crippen molar-refractivity contribution >= 4 is 0 Å². The molecule has 1 aromatic carbocycles. The molecule has 1 aliphatic carbocycles. The molecule has 0 heteroatoms. The Labute approximate surface area is 82.0 Å². The summed E-state index contributed by atoms with van der Waals surface area (Å²) in [7, 11) is 0. The van der Waals surface area contributed by atoms with E-state index < -0.39 is 0 Å². The van der Waals surface area contributed by atoms with Crippen molar-refractivity contribution in [2.45, 2.75) is 44.9 Å². The zero-order valence-electron chi connectivity index (χ0n) is 8.41. The van der Waals surface area contributed by atoms with Crippen LogP contribution in [0.5, 0.6) is 0 Å². The highest BCUT2D eigenvalue weighted by Gasteiger charge is 1.95. The highest BCUT2D eigenvalue weighted by molar-refractivity contribution is 4.99. The molecule has 72 valence electrons. The van der Waals surface area contributed by atoms with Crippen molar-refractivity contribution in [3.8, 4) is 0 Å². The van der Waals surface area contributed by atoms with Crippen molar-refractivity contribution in [3.05, 3.63) is 36.4 Å². The standard InChI is InChI=1S/C7H14.C6H6/c1-2-4-6-7-5-3-1;1-2-4-6-5-3-1/h1-7H2;1-6H. The summed E-state index contributed by atoms with van der Waals surface area (Å²) in [5, 5.41) is 0. The topological polar surface area (TPSA) is 0 Å². The Morgan fingerprint density at radius 1 is 0.308 bits per heavy atom. The lowest BCUT2D eigenvalue weighted by molar-refractivity contribution is 0.702. The first-order valence-corrected chi connectivity index (χ1v) is 5.50. The average molecular weight is 176 g/mol. The van der Waals surface area contributed by atoms with Crippen LogP contribution in [-0.2, 0) is 0 Å². The highest BCUT2D eigenvalue weighted by atomic mass is 14.0. The Kier molecular flexibility index (Phi) is 6.22. The fraction of sp³-hybridized carbons (Fsp3) is 0.538. The van der Waals surface area contributed by atoms with Crippen LogP contribution in [-0.4, -0.2) is 0 Å². The van der Waals surface area contributed by atoms with E-state index in [1.807, 2.05) is 36.4 Å². The number of hydrogen-bond acceptors (Lipinski definition) is 0. The maximum absolute atomic E-state index is 2.00. The molecule has 1 aromatic rings. The molecule has 0 heterocycles. The lowest BCUT2D eigenvalue weighted by Crippen LogP contribution is -1.66. The van der Waals surface area contributed by atoms with Gasteiger partial charge < -0.3 is 0 Å². The fourth-order valence-electron chi connectivity index (χ4n) is 1.62. The molecular formula is C13H20. The lowest BCUT2D eigenvalue weighted by Gasteiger charge is -1.85. The third-order valence-electron chi connectivity index (χ3n) is 2.42. The molecule has 0 aliphatic heterocycles. The van der Waals surface area contributed by atoms with Crippen molar-refractivity contribution in [2.24, 2.45) is 0 Å². The number of benzene rings is 1. The maximum Gasteiger partial charge on any atom is -0.0533 e. The summed E-state index contributed by atoms with van der Waals surface area (Å²) < 4.78 is 0. The largest absolute Gasteiger partial charge is 0.0623 e. The van der Waals surface area contributed by atoms with E-state index in [0.29, 0.717) is 0 Å². The Morgan fingerprint density at radius 3 is 0.615 bits per heavy atom. The van der Waals surface area contributed by atoms with Crippen LogP contribution in [0.15, 0.2) is 36.4 Å². The van der Waals surface area contributed by atoms with E-state index in [0.717, 1.165) is 0 Å². The third-order valence-corrected chi connectivity index (χ3v) is 2.42. The minimum atomic E-state index is 1.50. The Hall–Kier alpha value is -0.780. The molecule has 2 rings (SSSR count). The smallest absolute Gasteiger partial charge is 0.0533 e. The average Bonchev–Trinajstić information content (AvgIpc) is 2.53. The lowest BCUT2D eigenvalue weighted by atomic mass is 10.2. The van der Waals surface area contributed by atoms with Gasteiger partial charge in [-0.15, -0.1) is 0 Å². The minimum Gasteiger partial charge on any atom is -0.0623 e. The summed E-state index contributed by atoms with van der Waals surface area (Å²) in [5.74, 6) is 0. The summed E-state index contributed by atoms with van der Waals surface area (Å²) in [6.45, 7) is 0. The molecule has 0 amide bonds. The van der Waals surface area contributed by atoms with Crippen LogP contribution < -0.4 is 0 Å². The second-order valence-corrected chi connectivity index (χ2v) is 3.63. The van der Waals surface area contributed by atoms with Crippen LogP contribution in [0, 0.1) is 0 Å². The van der Waals surface area contributed by atoms with Gasteiger partial charge in [0.15, 0.2) is 0 Å². The second kappa shape index (κ2) is 7.85. The van der Waals surface area contributed by atoms with Crippen molar-refractivity contribution < 1.29 is 0 Å². The molecular weight excluding hydrogens is 156 g/mol. The number of hydrogen-bond donors (Lipinski definition) is 0. The van der Waals surface area contributed by atoms with Gasteiger partial charge in [0.05, 0.1) is 0 Å². The SMILES string of the molecule is C1CCCCCC1.c1ccccc1. The van der Waals surface area contributed by atoms with E-state index in [2.05, 4.69) is 0 Å². The van der Waals surface area contributed by atoms with Gasteiger partial charge in [-0.3, -0.25) is 0 Å². The van der Waals surface area contributed by atoms with Crippen molar-refractivity contribution in [1.29, 1.82) is 0 Å². The molecule has 0 spiro atoms. The monoisotopic (exact) mass is 176 g/mol. The van der Waals surface area contributed by atoms with Gasteiger partial charge in [0.2, 0.25) is 0 Å². The summed E-state index contributed by atoms with van der Waals surface area (Å²) in [6.07, 6.45) is 10.5. The molecule has 0 atom stereocenters. The molecule has 0 N–H and O–H groups in total. The van der Waals surface area contributed by atoms with Crippen LogP contribution in [0.2, 0.25) is 0 Å². The second-order valence-electron chi connectivity index (χ2n) is 3.63. The van der Waals surface area contributed by atoms with Gasteiger partial charge in [-0.05, 0) is 0 Å². The number of rotatable bonds is 0. The zero-order valence-corrected chi connectivity index (χ0v) is 8.41. The van der Waals surface area contributed by atoms with Gasteiger partial charge in [-0.2, -0.15) is 0 Å². The van der Waals surface area contributed by atoms with Crippen LogP contribution >= 0.6 is 0 Å². The molecule has 0 aromatic heterocycles. The van der Waals surface area contributed by atoms with E-state index in [1.54, 1.807) is 0 Å². The molecule has 0 radical (unpaired) electrons. The molecule has 0 saturated heterocycles. The minimum absolute atomic E-state index is 1.50. The summed E-state index contributed by atoms with van der Waals surface area (Å²) in [6, 6.07) is 12.0. The van der Waals surface area contributed by atoms with Gasteiger partial charge in [0.1, 0.15) is 0 Å². The van der Waals surface area contributed by atoms with Crippen LogP contribution in [0.1, 0.15) is 44.9 Å². The highest BCUT2D eigenvalue weighted by Crippen LogP contribution is 2.15. The Morgan fingerprint density at radius 2 is 0.462 bits per heavy atom.